The number of carbonyl (C=O) groups excluding carboxylic acids is 1. The summed E-state index contributed by atoms with van der Waals surface area (Å²) >= 11 is 12.4. The number of ether oxygens (including phenoxy) is 1. The van der Waals surface area contributed by atoms with E-state index in [0.717, 1.165) is 11.8 Å². The van der Waals surface area contributed by atoms with Crippen molar-refractivity contribution in [3.05, 3.63) is 63.8 Å². The van der Waals surface area contributed by atoms with Crippen molar-refractivity contribution in [1.29, 1.82) is 0 Å². The number of thiocarbonyl (C=S) groups is 1. The molecule has 0 aromatic heterocycles. The van der Waals surface area contributed by atoms with Crippen LogP contribution < -0.4 is 9.64 Å². The Labute approximate surface area is 153 Å². The number of benzene rings is 2. The molecule has 1 fully saturated rings. The molecule has 0 unspecified atom stereocenters. The van der Waals surface area contributed by atoms with Crippen LogP contribution in [0.1, 0.15) is 5.56 Å². The first-order chi connectivity index (χ1) is 11.5. The predicted octanol–water partition coefficient (Wildman–Crippen LogP) is 4.89. The third-order valence-corrected chi connectivity index (χ3v) is 5.03. The normalized spacial score (nSPS) is 16.1. The minimum atomic E-state index is -0.489. The molecule has 1 saturated heterocycles. The minimum absolute atomic E-state index is 0.175. The number of methoxy groups -OCH3 is 1. The summed E-state index contributed by atoms with van der Waals surface area (Å²) in [5.74, 6) is -0.121. The fourth-order valence-corrected chi connectivity index (χ4v) is 3.70. The molecular formula is C17H11ClFNO2S2. The molecule has 0 atom stereocenters. The molecule has 0 saturated carbocycles. The zero-order chi connectivity index (χ0) is 17.3. The highest BCUT2D eigenvalue weighted by atomic mass is 35.5. The maximum absolute atomic E-state index is 13.9. The van der Waals surface area contributed by atoms with E-state index in [4.69, 9.17) is 28.6 Å². The number of thioether (sulfide) groups is 1. The number of amides is 1. The van der Waals surface area contributed by atoms with Gasteiger partial charge in [-0.05, 0) is 42.5 Å². The topological polar surface area (TPSA) is 29.5 Å². The molecule has 0 spiro atoms. The largest absolute Gasteiger partial charge is 0.497 e. The van der Waals surface area contributed by atoms with Crippen LogP contribution in [0.25, 0.3) is 6.08 Å². The van der Waals surface area contributed by atoms with E-state index in [9.17, 15) is 9.18 Å². The quantitative estimate of drug-likeness (QED) is 0.560. The molecule has 1 aliphatic heterocycles. The summed E-state index contributed by atoms with van der Waals surface area (Å²) in [6.07, 6.45) is 1.43. The van der Waals surface area contributed by atoms with E-state index < -0.39 is 5.82 Å². The predicted molar refractivity (Wildman–Crippen MR) is 100 cm³/mol. The van der Waals surface area contributed by atoms with Crippen LogP contribution in [0.3, 0.4) is 0 Å². The Bertz CT molecular complexity index is 832. The lowest BCUT2D eigenvalue weighted by atomic mass is 10.2. The summed E-state index contributed by atoms with van der Waals surface area (Å²) in [5, 5.41) is 0.240. The summed E-state index contributed by atoms with van der Waals surface area (Å²) in [6, 6.07) is 11.3. The molecule has 1 heterocycles. The zero-order valence-corrected chi connectivity index (χ0v) is 14.8. The number of halogens is 2. The summed E-state index contributed by atoms with van der Waals surface area (Å²) in [5.41, 5.74) is 0.802. The Kier molecular flexibility index (Phi) is 4.89. The molecule has 3 rings (SSSR count). The van der Waals surface area contributed by atoms with Crippen LogP contribution in [-0.4, -0.2) is 17.3 Å². The van der Waals surface area contributed by atoms with Gasteiger partial charge in [0, 0.05) is 5.56 Å². The Hall–Kier alpha value is -1.89. The van der Waals surface area contributed by atoms with Gasteiger partial charge >= 0.3 is 0 Å². The number of carbonyl (C=O) groups is 1. The molecule has 3 nitrogen and oxygen atoms in total. The van der Waals surface area contributed by atoms with Crippen molar-refractivity contribution in [2.45, 2.75) is 0 Å². The third-order valence-electron chi connectivity index (χ3n) is 3.40. The van der Waals surface area contributed by atoms with Crippen molar-refractivity contribution >= 4 is 57.6 Å². The highest BCUT2D eigenvalue weighted by Gasteiger charge is 2.33. The van der Waals surface area contributed by atoms with E-state index in [1.807, 2.05) is 0 Å². The standard InChI is InChI=1S/C17H11ClFNO2S2/c1-22-11-7-5-10(6-8-11)20-16(21)15(24-17(20)23)9-12-13(18)3-2-4-14(12)19/h2-9H,1H3. The smallest absolute Gasteiger partial charge is 0.270 e. The third kappa shape index (κ3) is 3.17. The Balaban J connectivity index is 1.95. The molecule has 1 amide bonds. The van der Waals surface area contributed by atoms with Gasteiger partial charge in [0.15, 0.2) is 4.32 Å². The number of hydrogen-bond acceptors (Lipinski definition) is 4. The highest BCUT2D eigenvalue weighted by Crippen LogP contribution is 2.37. The van der Waals surface area contributed by atoms with Gasteiger partial charge in [0.25, 0.3) is 5.91 Å². The van der Waals surface area contributed by atoms with E-state index in [-0.39, 0.29) is 16.5 Å². The van der Waals surface area contributed by atoms with Gasteiger partial charge in [-0.25, -0.2) is 4.39 Å². The second-order valence-electron chi connectivity index (χ2n) is 4.85. The van der Waals surface area contributed by atoms with Crippen molar-refractivity contribution in [1.82, 2.24) is 0 Å². The molecule has 122 valence electrons. The SMILES string of the molecule is COc1ccc(N2C(=O)C(=Cc3c(F)cccc3Cl)SC2=S)cc1. The summed E-state index contributed by atoms with van der Waals surface area (Å²) in [6.45, 7) is 0. The van der Waals surface area contributed by atoms with Crippen LogP contribution in [0.4, 0.5) is 10.1 Å². The summed E-state index contributed by atoms with van der Waals surface area (Å²) < 4.78 is 19.4. The average Bonchev–Trinajstić information content (AvgIpc) is 2.85. The van der Waals surface area contributed by atoms with Gasteiger partial charge in [-0.2, -0.15) is 0 Å². The molecule has 24 heavy (non-hydrogen) atoms. The summed E-state index contributed by atoms with van der Waals surface area (Å²) in [7, 11) is 1.56. The van der Waals surface area contributed by atoms with Crippen molar-refractivity contribution < 1.29 is 13.9 Å². The Morgan fingerprint density at radius 2 is 1.96 bits per heavy atom. The van der Waals surface area contributed by atoms with Crippen LogP contribution >= 0.6 is 35.6 Å². The maximum atomic E-state index is 13.9. The maximum Gasteiger partial charge on any atom is 0.270 e. The molecule has 0 aliphatic carbocycles. The fourth-order valence-electron chi connectivity index (χ4n) is 2.20. The fraction of sp³-hybridized carbons (Fsp3) is 0.0588. The van der Waals surface area contributed by atoms with E-state index in [1.165, 1.54) is 23.1 Å². The van der Waals surface area contributed by atoms with Gasteiger partial charge in [-0.15, -0.1) is 0 Å². The van der Waals surface area contributed by atoms with Crippen LogP contribution in [-0.2, 0) is 4.79 Å². The second kappa shape index (κ2) is 6.93. The first-order valence-corrected chi connectivity index (χ1v) is 8.47. The monoisotopic (exact) mass is 379 g/mol. The number of nitrogens with zero attached hydrogens (tertiary/aromatic N) is 1. The lowest BCUT2D eigenvalue weighted by molar-refractivity contribution is -0.113. The molecule has 0 bridgehead atoms. The van der Waals surface area contributed by atoms with Crippen molar-refractivity contribution in [2.75, 3.05) is 12.0 Å². The van der Waals surface area contributed by atoms with E-state index in [0.29, 0.717) is 20.7 Å². The van der Waals surface area contributed by atoms with Gasteiger partial charge in [-0.3, -0.25) is 9.69 Å². The first-order valence-electron chi connectivity index (χ1n) is 6.87. The van der Waals surface area contributed by atoms with Crippen LogP contribution in [0.5, 0.6) is 5.75 Å². The van der Waals surface area contributed by atoms with Crippen molar-refractivity contribution in [3.63, 3.8) is 0 Å². The lowest BCUT2D eigenvalue weighted by Crippen LogP contribution is -2.27. The second-order valence-corrected chi connectivity index (χ2v) is 6.93. The molecule has 0 radical (unpaired) electrons. The molecule has 2 aromatic carbocycles. The molecule has 0 N–H and O–H groups in total. The van der Waals surface area contributed by atoms with Gasteiger partial charge < -0.3 is 4.74 Å². The molecule has 1 aliphatic rings. The van der Waals surface area contributed by atoms with Gasteiger partial charge in [0.1, 0.15) is 11.6 Å². The molecular weight excluding hydrogens is 369 g/mol. The van der Waals surface area contributed by atoms with Gasteiger partial charge in [0.2, 0.25) is 0 Å². The highest BCUT2D eigenvalue weighted by molar-refractivity contribution is 8.27. The molecule has 7 heteroatoms. The van der Waals surface area contributed by atoms with Crippen LogP contribution in [0.15, 0.2) is 47.4 Å². The van der Waals surface area contributed by atoms with Crippen LogP contribution in [0.2, 0.25) is 5.02 Å². The minimum Gasteiger partial charge on any atom is -0.497 e. The average molecular weight is 380 g/mol. The lowest BCUT2D eigenvalue weighted by Gasteiger charge is -2.14. The number of hydrogen-bond donors (Lipinski definition) is 0. The van der Waals surface area contributed by atoms with Gasteiger partial charge in [-0.1, -0.05) is 41.6 Å². The zero-order valence-electron chi connectivity index (χ0n) is 12.5. The Morgan fingerprint density at radius 1 is 1.25 bits per heavy atom. The number of rotatable bonds is 3. The van der Waals surface area contributed by atoms with Crippen molar-refractivity contribution in [2.24, 2.45) is 0 Å². The number of anilines is 1. The van der Waals surface area contributed by atoms with E-state index >= 15 is 0 Å². The van der Waals surface area contributed by atoms with E-state index in [1.54, 1.807) is 37.4 Å². The van der Waals surface area contributed by atoms with Crippen molar-refractivity contribution in [3.8, 4) is 5.75 Å². The van der Waals surface area contributed by atoms with E-state index in [2.05, 4.69) is 0 Å². The first kappa shape index (κ1) is 17.0. The van der Waals surface area contributed by atoms with Gasteiger partial charge in [0.05, 0.1) is 22.7 Å². The van der Waals surface area contributed by atoms with Crippen LogP contribution in [0, 0.1) is 5.82 Å². The Morgan fingerprint density at radius 3 is 2.58 bits per heavy atom. The summed E-state index contributed by atoms with van der Waals surface area (Å²) in [4.78, 5) is 14.4. The molecule has 2 aromatic rings.